The molecule has 0 bridgehead atoms. The number of carbonyl (C=O) groups excluding carboxylic acids is 3. The summed E-state index contributed by atoms with van der Waals surface area (Å²) in [4.78, 5) is 42.3. The zero-order valence-electron chi connectivity index (χ0n) is 18.6. The summed E-state index contributed by atoms with van der Waals surface area (Å²) in [5.41, 5.74) is 3.82. The van der Waals surface area contributed by atoms with E-state index in [-0.39, 0.29) is 11.7 Å². The van der Waals surface area contributed by atoms with Crippen molar-refractivity contribution in [1.29, 1.82) is 0 Å². The van der Waals surface area contributed by atoms with Crippen LogP contribution in [-0.2, 0) is 9.59 Å². The average Bonchev–Trinajstić information content (AvgIpc) is 3.33. The number of hydrazine groups is 1. The molecule has 8 nitrogen and oxygen atoms in total. The number of amides is 4. The lowest BCUT2D eigenvalue weighted by Gasteiger charge is -2.33. The summed E-state index contributed by atoms with van der Waals surface area (Å²) in [6.07, 6.45) is 6.53. The molecule has 1 spiro atoms. The van der Waals surface area contributed by atoms with Crippen LogP contribution in [0.1, 0.15) is 57.9 Å². The van der Waals surface area contributed by atoms with Gasteiger partial charge < -0.3 is 5.32 Å². The minimum absolute atomic E-state index is 0.0297. The quantitative estimate of drug-likeness (QED) is 0.512. The Bertz CT molecular complexity index is 1030. The molecule has 4 rings (SSSR count). The Morgan fingerprint density at radius 1 is 1.28 bits per heavy atom. The Kier molecular flexibility index (Phi) is 6.28. The Labute approximate surface area is 192 Å². The molecule has 170 valence electrons. The second-order valence-corrected chi connectivity index (χ2v) is 9.89. The molecule has 1 aromatic carbocycles. The minimum Gasteiger partial charge on any atom is -0.322 e. The normalized spacial score (nSPS) is 23.1. The first-order chi connectivity index (χ1) is 15.3. The molecule has 0 unspecified atom stereocenters. The average molecular weight is 456 g/mol. The van der Waals surface area contributed by atoms with E-state index >= 15 is 0 Å². The van der Waals surface area contributed by atoms with Crippen LogP contribution >= 0.6 is 11.8 Å². The van der Waals surface area contributed by atoms with Crippen molar-refractivity contribution >= 4 is 29.6 Å². The van der Waals surface area contributed by atoms with E-state index in [1.165, 1.54) is 17.3 Å². The summed E-state index contributed by atoms with van der Waals surface area (Å²) in [6, 6.07) is 7.53. The summed E-state index contributed by atoms with van der Waals surface area (Å²) >= 11 is 1.26. The monoisotopic (exact) mass is 455 g/mol. The number of nitrogens with zero attached hydrogens (tertiary/aromatic N) is 3. The largest absolute Gasteiger partial charge is 0.344 e. The molecule has 0 atom stereocenters. The van der Waals surface area contributed by atoms with Crippen molar-refractivity contribution < 1.29 is 14.4 Å². The van der Waals surface area contributed by atoms with Gasteiger partial charge in [-0.2, -0.15) is 5.01 Å². The predicted octanol–water partition coefficient (Wildman–Crippen LogP) is 3.62. The first-order valence-electron chi connectivity index (χ1n) is 11.0. The smallest absolute Gasteiger partial charge is 0.322 e. The van der Waals surface area contributed by atoms with Crippen LogP contribution in [0, 0.1) is 5.92 Å². The third-order valence-electron chi connectivity index (χ3n) is 6.28. The molecule has 4 amide bonds. The van der Waals surface area contributed by atoms with Gasteiger partial charge in [-0.15, -0.1) is 0 Å². The molecule has 2 heterocycles. The van der Waals surface area contributed by atoms with Gasteiger partial charge in [0.05, 0.1) is 11.4 Å². The van der Waals surface area contributed by atoms with Gasteiger partial charge in [0.2, 0.25) is 5.91 Å². The van der Waals surface area contributed by atoms with Crippen molar-refractivity contribution in [3.05, 3.63) is 42.2 Å². The lowest BCUT2D eigenvalue weighted by molar-refractivity contribution is -0.139. The molecule has 1 saturated heterocycles. The van der Waals surface area contributed by atoms with E-state index in [0.29, 0.717) is 29.8 Å². The Hall–Kier alpha value is -2.81. The van der Waals surface area contributed by atoms with Crippen LogP contribution in [0.25, 0.3) is 5.69 Å². The van der Waals surface area contributed by atoms with Crippen LogP contribution in [0.15, 0.2) is 41.8 Å². The number of hydrogen-bond acceptors (Lipinski definition) is 5. The number of rotatable bonds is 6. The van der Waals surface area contributed by atoms with Gasteiger partial charge in [-0.25, -0.2) is 9.78 Å². The topological polar surface area (TPSA) is 96.3 Å². The number of para-hydroxylation sites is 1. The molecule has 2 fully saturated rings. The minimum atomic E-state index is -0.874. The van der Waals surface area contributed by atoms with Crippen LogP contribution in [-0.4, -0.2) is 43.7 Å². The standard InChI is InChI=1S/C23H29N5O3S/c1-15(2)17-6-4-5-7-18(17)27-13-12-24-22(27)32-14-19(29)26-28-20(30)23(25-21(28)31)10-8-16(3)9-11-23/h4-7,12-13,15-16H,8-11,14H2,1-3H3,(H,25,31)(H,26,29). The van der Waals surface area contributed by atoms with E-state index in [2.05, 4.69) is 42.6 Å². The first kappa shape index (κ1) is 22.4. The van der Waals surface area contributed by atoms with Crippen LogP contribution in [0.3, 0.4) is 0 Å². The zero-order chi connectivity index (χ0) is 22.9. The Morgan fingerprint density at radius 2 is 2.00 bits per heavy atom. The van der Waals surface area contributed by atoms with Gasteiger partial charge in [-0.05, 0) is 49.1 Å². The SMILES string of the molecule is CC1CCC2(CC1)NC(=O)N(NC(=O)CSc1nccn1-c1ccccc1C(C)C)C2=O. The number of aromatic nitrogens is 2. The van der Waals surface area contributed by atoms with E-state index < -0.39 is 17.5 Å². The lowest BCUT2D eigenvalue weighted by atomic mass is 9.77. The highest BCUT2D eigenvalue weighted by molar-refractivity contribution is 7.99. The van der Waals surface area contributed by atoms with E-state index in [4.69, 9.17) is 0 Å². The maximum atomic E-state index is 12.9. The van der Waals surface area contributed by atoms with E-state index in [1.807, 2.05) is 29.0 Å². The van der Waals surface area contributed by atoms with Crippen LogP contribution in [0.4, 0.5) is 4.79 Å². The maximum Gasteiger partial charge on any atom is 0.344 e. The molecular formula is C23H29N5O3S. The number of nitrogens with one attached hydrogen (secondary N) is 2. The van der Waals surface area contributed by atoms with Crippen molar-refractivity contribution in [1.82, 2.24) is 25.3 Å². The number of thioether (sulfide) groups is 1. The van der Waals surface area contributed by atoms with Crippen LogP contribution in [0.2, 0.25) is 0 Å². The van der Waals surface area contributed by atoms with E-state index in [9.17, 15) is 14.4 Å². The molecule has 1 aliphatic heterocycles. The van der Waals surface area contributed by atoms with Gasteiger partial charge in [-0.1, -0.05) is 50.7 Å². The number of benzene rings is 1. The van der Waals surface area contributed by atoms with Crippen molar-refractivity contribution in [3.63, 3.8) is 0 Å². The van der Waals surface area contributed by atoms with Crippen LogP contribution < -0.4 is 10.7 Å². The molecule has 1 aliphatic carbocycles. The molecule has 32 heavy (non-hydrogen) atoms. The second-order valence-electron chi connectivity index (χ2n) is 8.95. The molecular weight excluding hydrogens is 426 g/mol. The third kappa shape index (κ3) is 4.26. The summed E-state index contributed by atoms with van der Waals surface area (Å²) in [6.45, 7) is 6.41. The van der Waals surface area contributed by atoms with Gasteiger partial charge in [0, 0.05) is 12.4 Å². The van der Waals surface area contributed by atoms with Gasteiger partial charge in [-0.3, -0.25) is 19.6 Å². The lowest BCUT2D eigenvalue weighted by Crippen LogP contribution is -2.51. The van der Waals surface area contributed by atoms with E-state index in [0.717, 1.165) is 23.5 Å². The summed E-state index contributed by atoms with van der Waals surface area (Å²) in [7, 11) is 0. The highest BCUT2D eigenvalue weighted by Crippen LogP contribution is 2.36. The fraction of sp³-hybridized carbons (Fsp3) is 0.478. The van der Waals surface area contributed by atoms with E-state index in [1.54, 1.807) is 6.20 Å². The molecule has 1 aromatic heterocycles. The fourth-order valence-corrected chi connectivity index (χ4v) is 5.14. The highest BCUT2D eigenvalue weighted by Gasteiger charge is 2.52. The second kappa shape index (κ2) is 8.97. The predicted molar refractivity (Wildman–Crippen MR) is 122 cm³/mol. The Morgan fingerprint density at radius 3 is 2.72 bits per heavy atom. The number of hydrogen-bond donors (Lipinski definition) is 2. The number of imidazole rings is 1. The maximum absolute atomic E-state index is 12.9. The Balaban J connectivity index is 1.40. The third-order valence-corrected chi connectivity index (χ3v) is 7.25. The molecule has 1 saturated carbocycles. The van der Waals surface area contributed by atoms with Crippen molar-refractivity contribution in [2.45, 2.75) is 63.1 Å². The molecule has 2 aromatic rings. The summed E-state index contributed by atoms with van der Waals surface area (Å²) in [5.74, 6) is 0.119. The molecule has 0 radical (unpaired) electrons. The summed E-state index contributed by atoms with van der Waals surface area (Å²) in [5, 5.41) is 4.33. The molecule has 9 heteroatoms. The van der Waals surface area contributed by atoms with Gasteiger partial charge in [0.25, 0.3) is 5.91 Å². The number of carbonyl (C=O) groups is 3. The fourth-order valence-electron chi connectivity index (χ4n) is 4.38. The first-order valence-corrected chi connectivity index (χ1v) is 12.0. The zero-order valence-corrected chi connectivity index (χ0v) is 19.4. The van der Waals surface area contributed by atoms with Gasteiger partial charge in [0.1, 0.15) is 5.54 Å². The number of urea groups is 1. The molecule has 2 aliphatic rings. The van der Waals surface area contributed by atoms with Crippen molar-refractivity contribution in [3.8, 4) is 5.69 Å². The molecule has 2 N–H and O–H groups in total. The summed E-state index contributed by atoms with van der Waals surface area (Å²) < 4.78 is 1.96. The van der Waals surface area contributed by atoms with Gasteiger partial charge >= 0.3 is 6.03 Å². The van der Waals surface area contributed by atoms with Crippen molar-refractivity contribution in [2.75, 3.05) is 5.75 Å². The van der Waals surface area contributed by atoms with Crippen LogP contribution in [0.5, 0.6) is 0 Å². The van der Waals surface area contributed by atoms with Crippen molar-refractivity contribution in [2.24, 2.45) is 5.92 Å². The number of imide groups is 1. The van der Waals surface area contributed by atoms with Gasteiger partial charge in [0.15, 0.2) is 5.16 Å². The highest BCUT2D eigenvalue weighted by atomic mass is 32.2.